The number of nitrogens with one attached hydrogen (secondary N) is 1. The number of piperidine rings is 1. The predicted octanol–water partition coefficient (Wildman–Crippen LogP) is 1.49. The third kappa shape index (κ3) is 5.09. The van der Waals surface area contributed by atoms with Crippen molar-refractivity contribution in [3.05, 3.63) is 29.3 Å². The van der Waals surface area contributed by atoms with Crippen LogP contribution in [0.2, 0.25) is 5.02 Å². The summed E-state index contributed by atoms with van der Waals surface area (Å²) < 4.78 is 29.6. The average molecular weight is 387 g/mol. The molecule has 2 aliphatic rings. The molecule has 2 aliphatic heterocycles. The van der Waals surface area contributed by atoms with Crippen LogP contribution >= 0.6 is 11.6 Å². The molecule has 0 radical (unpaired) electrons. The largest absolute Gasteiger partial charge is 0.484 e. The van der Waals surface area contributed by atoms with Crippen LogP contribution in [-0.2, 0) is 14.6 Å². The van der Waals surface area contributed by atoms with Gasteiger partial charge in [0.2, 0.25) is 0 Å². The quantitative estimate of drug-likeness (QED) is 0.829. The van der Waals surface area contributed by atoms with E-state index < -0.39 is 9.84 Å². The van der Waals surface area contributed by atoms with E-state index in [0.29, 0.717) is 10.8 Å². The molecule has 25 heavy (non-hydrogen) atoms. The van der Waals surface area contributed by atoms with E-state index in [1.54, 1.807) is 24.3 Å². The van der Waals surface area contributed by atoms with Gasteiger partial charge in [-0.25, -0.2) is 8.42 Å². The second-order valence-corrected chi connectivity index (χ2v) is 9.25. The summed E-state index contributed by atoms with van der Waals surface area (Å²) in [5.41, 5.74) is 0. The minimum atomic E-state index is -3.13. The standard InChI is InChI=1S/C17H23ClN2O4S/c18-13-5-4-6-14(9-13)24-10-17(21)19-15-11-25(22,23)12-16(15)20-7-2-1-3-8-20/h4-6,9,15-16H,1-3,7-8,10-12H2,(H,19,21). The molecule has 2 unspecified atom stereocenters. The SMILES string of the molecule is O=C(COc1cccc(Cl)c1)NC1CS(=O)(=O)CC1N1CCCCC1. The zero-order valence-corrected chi connectivity index (χ0v) is 15.6. The van der Waals surface area contributed by atoms with E-state index in [1.807, 2.05) is 0 Å². The fourth-order valence-electron chi connectivity index (χ4n) is 3.53. The van der Waals surface area contributed by atoms with Gasteiger partial charge in [0, 0.05) is 11.1 Å². The lowest BCUT2D eigenvalue weighted by molar-refractivity contribution is -0.124. The Labute approximate surface area is 153 Å². The molecule has 0 aliphatic carbocycles. The Morgan fingerprint density at radius 3 is 2.72 bits per heavy atom. The van der Waals surface area contributed by atoms with Crippen molar-refractivity contribution in [2.45, 2.75) is 31.3 Å². The molecule has 1 aromatic carbocycles. The molecule has 8 heteroatoms. The Morgan fingerprint density at radius 1 is 1.24 bits per heavy atom. The zero-order chi connectivity index (χ0) is 17.9. The van der Waals surface area contributed by atoms with Gasteiger partial charge >= 0.3 is 0 Å². The van der Waals surface area contributed by atoms with Crippen molar-refractivity contribution < 1.29 is 17.9 Å². The lowest BCUT2D eigenvalue weighted by atomic mass is 10.0. The lowest BCUT2D eigenvalue weighted by Gasteiger charge is -2.34. The summed E-state index contributed by atoms with van der Waals surface area (Å²) in [4.78, 5) is 14.4. The Hall–Kier alpha value is -1.31. The molecule has 0 saturated carbocycles. The van der Waals surface area contributed by atoms with Crippen LogP contribution in [0.4, 0.5) is 0 Å². The van der Waals surface area contributed by atoms with Crippen LogP contribution in [0.3, 0.4) is 0 Å². The number of hydrogen-bond acceptors (Lipinski definition) is 5. The number of likely N-dealkylation sites (tertiary alicyclic amines) is 1. The summed E-state index contributed by atoms with van der Waals surface area (Å²) in [7, 11) is -3.13. The van der Waals surface area contributed by atoms with Gasteiger partial charge in [-0.2, -0.15) is 0 Å². The maximum atomic E-state index is 12.2. The molecular formula is C17H23ClN2O4S. The second-order valence-electron chi connectivity index (χ2n) is 6.66. The fraction of sp³-hybridized carbons (Fsp3) is 0.588. The van der Waals surface area contributed by atoms with E-state index in [2.05, 4.69) is 10.2 Å². The lowest BCUT2D eigenvalue weighted by Crippen LogP contribution is -2.53. The maximum Gasteiger partial charge on any atom is 0.258 e. The summed E-state index contributed by atoms with van der Waals surface area (Å²) in [5.74, 6) is 0.308. The van der Waals surface area contributed by atoms with Gasteiger partial charge in [0.05, 0.1) is 17.5 Å². The number of sulfone groups is 1. The molecule has 1 aromatic rings. The Kier molecular flexibility index (Phi) is 5.86. The number of amides is 1. The molecule has 2 saturated heterocycles. The van der Waals surface area contributed by atoms with Crippen LogP contribution in [-0.4, -0.2) is 62.5 Å². The molecule has 0 aromatic heterocycles. The predicted molar refractivity (Wildman–Crippen MR) is 96.7 cm³/mol. The maximum absolute atomic E-state index is 12.2. The van der Waals surface area contributed by atoms with E-state index in [4.69, 9.17) is 16.3 Å². The number of ether oxygens (including phenoxy) is 1. The van der Waals surface area contributed by atoms with Gasteiger partial charge in [-0.3, -0.25) is 9.69 Å². The van der Waals surface area contributed by atoms with Crippen molar-refractivity contribution in [1.29, 1.82) is 0 Å². The third-order valence-electron chi connectivity index (χ3n) is 4.69. The highest BCUT2D eigenvalue weighted by molar-refractivity contribution is 7.91. The van der Waals surface area contributed by atoms with Gasteiger partial charge < -0.3 is 10.1 Å². The first-order chi connectivity index (χ1) is 11.9. The van der Waals surface area contributed by atoms with Gasteiger partial charge in [-0.15, -0.1) is 0 Å². The van der Waals surface area contributed by atoms with E-state index in [9.17, 15) is 13.2 Å². The van der Waals surface area contributed by atoms with Crippen LogP contribution < -0.4 is 10.1 Å². The Morgan fingerprint density at radius 2 is 2.00 bits per heavy atom. The van der Waals surface area contributed by atoms with Crippen molar-refractivity contribution in [3.8, 4) is 5.75 Å². The normalized spacial score (nSPS) is 26.3. The van der Waals surface area contributed by atoms with E-state index in [-0.39, 0.29) is 36.1 Å². The van der Waals surface area contributed by atoms with Gasteiger partial charge in [-0.1, -0.05) is 24.1 Å². The fourth-order valence-corrected chi connectivity index (χ4v) is 5.66. The summed E-state index contributed by atoms with van der Waals surface area (Å²) >= 11 is 5.88. The van der Waals surface area contributed by atoms with E-state index in [1.165, 1.54) is 6.42 Å². The first-order valence-corrected chi connectivity index (χ1v) is 10.8. The number of carbonyl (C=O) groups excluding carboxylic acids is 1. The summed E-state index contributed by atoms with van der Waals surface area (Å²) in [6.07, 6.45) is 3.34. The number of carbonyl (C=O) groups is 1. The minimum Gasteiger partial charge on any atom is -0.484 e. The highest BCUT2D eigenvalue weighted by Crippen LogP contribution is 2.22. The monoisotopic (exact) mass is 386 g/mol. The van der Waals surface area contributed by atoms with Crippen LogP contribution in [0.25, 0.3) is 0 Å². The smallest absolute Gasteiger partial charge is 0.258 e. The van der Waals surface area contributed by atoms with Crippen molar-refractivity contribution >= 4 is 27.3 Å². The van der Waals surface area contributed by atoms with E-state index >= 15 is 0 Å². The van der Waals surface area contributed by atoms with Gasteiger partial charge in [-0.05, 0) is 44.1 Å². The highest BCUT2D eigenvalue weighted by Gasteiger charge is 2.41. The molecule has 2 heterocycles. The molecule has 0 bridgehead atoms. The van der Waals surface area contributed by atoms with Crippen molar-refractivity contribution in [1.82, 2.24) is 10.2 Å². The van der Waals surface area contributed by atoms with Crippen molar-refractivity contribution in [3.63, 3.8) is 0 Å². The summed E-state index contributed by atoms with van der Waals surface area (Å²) in [5, 5.41) is 3.38. The first kappa shape index (κ1) is 18.5. The highest BCUT2D eigenvalue weighted by atomic mass is 35.5. The Bertz CT molecular complexity index is 719. The van der Waals surface area contributed by atoms with E-state index in [0.717, 1.165) is 25.9 Å². The van der Waals surface area contributed by atoms with Crippen LogP contribution in [0.1, 0.15) is 19.3 Å². The number of nitrogens with zero attached hydrogens (tertiary/aromatic N) is 1. The molecular weight excluding hydrogens is 364 g/mol. The molecule has 138 valence electrons. The number of halogens is 1. The van der Waals surface area contributed by atoms with Crippen molar-refractivity contribution in [2.24, 2.45) is 0 Å². The van der Waals surface area contributed by atoms with Crippen LogP contribution in [0.5, 0.6) is 5.75 Å². The molecule has 3 rings (SSSR count). The molecule has 2 atom stereocenters. The average Bonchev–Trinajstić information content (AvgIpc) is 2.88. The molecule has 1 amide bonds. The van der Waals surface area contributed by atoms with Crippen molar-refractivity contribution in [2.75, 3.05) is 31.2 Å². The van der Waals surface area contributed by atoms with Gasteiger partial charge in [0.15, 0.2) is 16.4 Å². The topological polar surface area (TPSA) is 75.7 Å². The number of rotatable bonds is 5. The summed E-state index contributed by atoms with van der Waals surface area (Å²) in [6, 6.07) is 6.30. The summed E-state index contributed by atoms with van der Waals surface area (Å²) in [6.45, 7) is 1.63. The molecule has 1 N–H and O–H groups in total. The van der Waals surface area contributed by atoms with Gasteiger partial charge in [0.1, 0.15) is 5.75 Å². The Balaban J connectivity index is 1.58. The second kappa shape index (κ2) is 7.93. The molecule has 2 fully saturated rings. The number of benzene rings is 1. The number of hydrogen-bond donors (Lipinski definition) is 1. The van der Waals surface area contributed by atoms with Gasteiger partial charge in [0.25, 0.3) is 5.91 Å². The zero-order valence-electron chi connectivity index (χ0n) is 14.0. The third-order valence-corrected chi connectivity index (χ3v) is 6.65. The first-order valence-electron chi connectivity index (χ1n) is 8.55. The minimum absolute atomic E-state index is 0.00290. The molecule has 0 spiro atoms. The van der Waals surface area contributed by atoms with Crippen LogP contribution in [0.15, 0.2) is 24.3 Å². The van der Waals surface area contributed by atoms with Crippen LogP contribution in [0, 0.1) is 0 Å². The molecule has 6 nitrogen and oxygen atoms in total.